The molecule has 3 rings (SSSR count). The van der Waals surface area contributed by atoms with Gasteiger partial charge >= 0.3 is 6.36 Å². The summed E-state index contributed by atoms with van der Waals surface area (Å²) in [6.45, 7) is 0.875. The number of anilines is 2. The minimum Gasteiger partial charge on any atom is -0.492 e. The Kier molecular flexibility index (Phi) is 5.95. The summed E-state index contributed by atoms with van der Waals surface area (Å²) in [4.78, 5) is 8.37. The van der Waals surface area contributed by atoms with E-state index in [-0.39, 0.29) is 5.75 Å². The van der Waals surface area contributed by atoms with Crippen LogP contribution in [0.5, 0.6) is 11.5 Å². The second-order valence-electron chi connectivity index (χ2n) is 5.65. The molecule has 146 valence electrons. The zero-order valence-corrected chi connectivity index (χ0v) is 14.6. The highest BCUT2D eigenvalue weighted by Gasteiger charge is 2.30. The van der Waals surface area contributed by atoms with Gasteiger partial charge in [-0.2, -0.15) is 0 Å². The van der Waals surface area contributed by atoms with E-state index in [1.54, 1.807) is 6.07 Å². The molecule has 0 saturated carbocycles. The van der Waals surface area contributed by atoms with Crippen LogP contribution in [0.15, 0.2) is 60.9 Å². The zero-order valence-electron chi connectivity index (χ0n) is 14.6. The summed E-state index contributed by atoms with van der Waals surface area (Å²) in [7, 11) is 0. The molecule has 3 N–H and O–H groups in total. The Bertz CT molecular complexity index is 900. The lowest BCUT2D eigenvalue weighted by Gasteiger charge is -2.10. The van der Waals surface area contributed by atoms with Crippen molar-refractivity contribution in [2.45, 2.75) is 6.36 Å². The van der Waals surface area contributed by atoms with Crippen molar-refractivity contribution in [3.8, 4) is 22.8 Å². The normalized spacial score (nSPS) is 11.1. The molecule has 0 amide bonds. The maximum Gasteiger partial charge on any atom is 0.573 e. The van der Waals surface area contributed by atoms with E-state index in [0.717, 1.165) is 5.56 Å². The summed E-state index contributed by atoms with van der Waals surface area (Å²) in [6, 6.07) is 14.5. The second kappa shape index (κ2) is 8.57. The van der Waals surface area contributed by atoms with Gasteiger partial charge in [0.05, 0.1) is 5.69 Å². The zero-order chi connectivity index (χ0) is 20.0. The van der Waals surface area contributed by atoms with Gasteiger partial charge in [-0.1, -0.05) is 0 Å². The third-order valence-corrected chi connectivity index (χ3v) is 3.56. The van der Waals surface area contributed by atoms with Crippen LogP contribution in [0, 0.1) is 0 Å². The summed E-state index contributed by atoms with van der Waals surface area (Å²) in [6.07, 6.45) is -3.32. The second-order valence-corrected chi connectivity index (χ2v) is 5.65. The van der Waals surface area contributed by atoms with Crippen molar-refractivity contribution >= 4 is 11.5 Å². The Morgan fingerprint density at radius 2 is 1.61 bits per heavy atom. The lowest BCUT2D eigenvalue weighted by molar-refractivity contribution is -0.274. The average molecular weight is 390 g/mol. The highest BCUT2D eigenvalue weighted by Crippen LogP contribution is 2.26. The number of hydrogen-bond acceptors (Lipinski definition) is 6. The Balaban J connectivity index is 1.69. The van der Waals surface area contributed by atoms with Crippen LogP contribution in [0.2, 0.25) is 0 Å². The molecule has 0 aliphatic rings. The third-order valence-electron chi connectivity index (χ3n) is 3.56. The van der Waals surface area contributed by atoms with Gasteiger partial charge in [0.25, 0.3) is 0 Å². The maximum absolute atomic E-state index is 12.2. The van der Waals surface area contributed by atoms with Gasteiger partial charge in [0, 0.05) is 23.9 Å². The molecule has 9 heteroatoms. The van der Waals surface area contributed by atoms with Gasteiger partial charge in [0.2, 0.25) is 0 Å². The van der Waals surface area contributed by atoms with Crippen molar-refractivity contribution in [1.29, 1.82) is 0 Å². The maximum atomic E-state index is 12.2. The van der Waals surface area contributed by atoms with Crippen molar-refractivity contribution < 1.29 is 22.6 Å². The molecule has 0 unspecified atom stereocenters. The molecule has 6 nitrogen and oxygen atoms in total. The van der Waals surface area contributed by atoms with E-state index in [1.807, 2.05) is 24.3 Å². The van der Waals surface area contributed by atoms with Crippen molar-refractivity contribution in [1.82, 2.24) is 9.97 Å². The topological polar surface area (TPSA) is 82.3 Å². The van der Waals surface area contributed by atoms with E-state index in [9.17, 15) is 13.2 Å². The number of halogens is 3. The quantitative estimate of drug-likeness (QED) is 0.632. The van der Waals surface area contributed by atoms with Gasteiger partial charge < -0.3 is 20.5 Å². The molecule has 1 heterocycles. The number of alkyl halides is 3. The number of hydrogen-bond donors (Lipinski definition) is 2. The summed E-state index contributed by atoms with van der Waals surface area (Å²) in [5, 5.41) is 3.02. The summed E-state index contributed by atoms with van der Waals surface area (Å²) in [5.74, 6) is 0.916. The molecular weight excluding hydrogens is 373 g/mol. The van der Waals surface area contributed by atoms with E-state index in [2.05, 4.69) is 20.0 Å². The predicted molar refractivity (Wildman–Crippen MR) is 98.4 cm³/mol. The van der Waals surface area contributed by atoms with Gasteiger partial charge in [-0.15, -0.1) is 13.2 Å². The van der Waals surface area contributed by atoms with Crippen LogP contribution in [0.25, 0.3) is 11.3 Å². The van der Waals surface area contributed by atoms with Crippen LogP contribution in [0.3, 0.4) is 0 Å². The van der Waals surface area contributed by atoms with E-state index in [4.69, 9.17) is 10.5 Å². The minimum absolute atomic E-state index is 0.293. The van der Waals surface area contributed by atoms with Gasteiger partial charge in [-0.05, 0) is 48.5 Å². The molecule has 3 aromatic rings. The van der Waals surface area contributed by atoms with Crippen LogP contribution in [-0.2, 0) is 0 Å². The molecule has 28 heavy (non-hydrogen) atoms. The molecular formula is C19H17F3N4O2. The predicted octanol–water partition coefficient (Wildman–Crippen LogP) is 4.12. The van der Waals surface area contributed by atoms with E-state index in [0.29, 0.717) is 36.1 Å². The van der Waals surface area contributed by atoms with Gasteiger partial charge in [0.1, 0.15) is 30.3 Å². The standard InChI is InChI=1S/C19H17F3N4O2/c20-19(21,22)28-16-7-3-14(4-8-16)26-18-11-17(24-12-25-18)13-1-5-15(6-2-13)27-10-9-23/h1-8,11-12H,9-10,23H2,(H,24,25,26). The Hall–Kier alpha value is -3.33. The fourth-order valence-corrected chi connectivity index (χ4v) is 2.37. The third kappa shape index (κ3) is 5.58. The lowest BCUT2D eigenvalue weighted by atomic mass is 10.1. The molecule has 0 spiro atoms. The van der Waals surface area contributed by atoms with Crippen LogP contribution in [0.1, 0.15) is 0 Å². The number of nitrogens with one attached hydrogen (secondary N) is 1. The SMILES string of the molecule is NCCOc1ccc(-c2cc(Nc3ccc(OC(F)(F)F)cc3)ncn2)cc1. The molecule has 1 aromatic heterocycles. The number of ether oxygens (including phenoxy) is 2. The van der Waals surface area contributed by atoms with Crippen molar-refractivity contribution in [2.24, 2.45) is 5.73 Å². The number of aromatic nitrogens is 2. The van der Waals surface area contributed by atoms with Crippen molar-refractivity contribution in [3.63, 3.8) is 0 Å². The largest absolute Gasteiger partial charge is 0.573 e. The smallest absolute Gasteiger partial charge is 0.492 e. The Morgan fingerprint density at radius 3 is 2.25 bits per heavy atom. The molecule has 0 saturated heterocycles. The van der Waals surface area contributed by atoms with Crippen LogP contribution >= 0.6 is 0 Å². The van der Waals surface area contributed by atoms with Crippen molar-refractivity contribution in [2.75, 3.05) is 18.5 Å². The van der Waals surface area contributed by atoms with Crippen LogP contribution in [0.4, 0.5) is 24.7 Å². The number of nitrogens with two attached hydrogens (primary N) is 1. The molecule has 0 atom stereocenters. The van der Waals surface area contributed by atoms with Gasteiger partial charge in [0.15, 0.2) is 0 Å². The van der Waals surface area contributed by atoms with E-state index >= 15 is 0 Å². The summed E-state index contributed by atoms with van der Waals surface area (Å²) >= 11 is 0. The fourth-order valence-electron chi connectivity index (χ4n) is 2.37. The van der Waals surface area contributed by atoms with Gasteiger partial charge in [-0.25, -0.2) is 9.97 Å². The van der Waals surface area contributed by atoms with Crippen molar-refractivity contribution in [3.05, 3.63) is 60.9 Å². The highest BCUT2D eigenvalue weighted by atomic mass is 19.4. The molecule has 0 bridgehead atoms. The van der Waals surface area contributed by atoms with Crippen LogP contribution < -0.4 is 20.5 Å². The summed E-state index contributed by atoms with van der Waals surface area (Å²) in [5.41, 5.74) is 7.51. The first-order valence-electron chi connectivity index (χ1n) is 8.31. The highest BCUT2D eigenvalue weighted by molar-refractivity contribution is 5.66. The van der Waals surface area contributed by atoms with Crippen LogP contribution in [-0.4, -0.2) is 29.5 Å². The molecule has 0 aliphatic carbocycles. The van der Waals surface area contributed by atoms with E-state index < -0.39 is 6.36 Å². The number of benzene rings is 2. The molecule has 2 aromatic carbocycles. The first-order chi connectivity index (χ1) is 13.4. The minimum atomic E-state index is -4.72. The monoisotopic (exact) mass is 390 g/mol. The number of rotatable bonds is 7. The molecule has 0 fully saturated rings. The molecule has 0 aliphatic heterocycles. The first kappa shape index (κ1) is 19.4. The fraction of sp³-hybridized carbons (Fsp3) is 0.158. The summed E-state index contributed by atoms with van der Waals surface area (Å²) < 4.78 is 45.9. The Morgan fingerprint density at radius 1 is 0.929 bits per heavy atom. The lowest BCUT2D eigenvalue weighted by Crippen LogP contribution is -2.16. The van der Waals surface area contributed by atoms with E-state index in [1.165, 1.54) is 30.6 Å². The van der Waals surface area contributed by atoms with Gasteiger partial charge in [-0.3, -0.25) is 0 Å². The Labute approximate surface area is 159 Å². The average Bonchev–Trinajstić information content (AvgIpc) is 2.67. The first-order valence-corrected chi connectivity index (χ1v) is 8.31. The molecule has 0 radical (unpaired) electrons. The number of nitrogens with zero attached hydrogens (tertiary/aromatic N) is 2.